The maximum Gasteiger partial charge on any atom is 0.277 e. The fraction of sp³-hybridized carbons (Fsp3) is 0.300. The van der Waals surface area contributed by atoms with Crippen LogP contribution in [0.25, 0.3) is 0 Å². The van der Waals surface area contributed by atoms with Crippen LogP contribution in [0, 0.1) is 5.92 Å². The van der Waals surface area contributed by atoms with E-state index in [0.29, 0.717) is 5.56 Å². The van der Waals surface area contributed by atoms with Crippen molar-refractivity contribution in [1.29, 1.82) is 0 Å². The maximum atomic E-state index is 12.9. The summed E-state index contributed by atoms with van der Waals surface area (Å²) in [5.41, 5.74) is 2.62. The van der Waals surface area contributed by atoms with Crippen LogP contribution >= 0.6 is 0 Å². The SMILES string of the molecule is O=C(c1ccccc1)N1O[C@H]2CC[C@@H]1[C@H]1C(c3ccccc3)=NO[C@H]12. The summed E-state index contributed by atoms with van der Waals surface area (Å²) >= 11 is 0. The quantitative estimate of drug-likeness (QED) is 0.848. The van der Waals surface area contributed by atoms with E-state index in [1.54, 1.807) is 5.06 Å². The number of nitrogens with zero attached hydrogens (tertiary/aromatic N) is 2. The van der Waals surface area contributed by atoms with Crippen molar-refractivity contribution in [2.45, 2.75) is 31.1 Å². The van der Waals surface area contributed by atoms with Crippen LogP contribution in [-0.4, -0.2) is 34.9 Å². The summed E-state index contributed by atoms with van der Waals surface area (Å²) in [5, 5.41) is 5.92. The smallest absolute Gasteiger partial charge is 0.277 e. The van der Waals surface area contributed by atoms with Crippen molar-refractivity contribution in [1.82, 2.24) is 5.06 Å². The molecule has 2 bridgehead atoms. The van der Waals surface area contributed by atoms with Crippen LogP contribution in [0.3, 0.4) is 0 Å². The van der Waals surface area contributed by atoms with E-state index in [2.05, 4.69) is 5.16 Å². The van der Waals surface area contributed by atoms with E-state index in [1.165, 1.54) is 0 Å². The maximum absolute atomic E-state index is 12.9. The Balaban J connectivity index is 1.48. The number of carbonyl (C=O) groups excluding carboxylic acids is 1. The van der Waals surface area contributed by atoms with Gasteiger partial charge in [0.15, 0.2) is 6.10 Å². The minimum Gasteiger partial charge on any atom is -0.389 e. The molecule has 4 aliphatic rings. The predicted molar refractivity (Wildman–Crippen MR) is 91.8 cm³/mol. The van der Waals surface area contributed by atoms with Gasteiger partial charge < -0.3 is 4.84 Å². The molecule has 2 aromatic rings. The molecule has 0 unspecified atom stereocenters. The molecule has 3 heterocycles. The lowest BCUT2D eigenvalue weighted by atomic mass is 9.75. The van der Waals surface area contributed by atoms with Gasteiger partial charge in [-0.2, -0.15) is 0 Å². The number of rotatable bonds is 2. The molecule has 2 saturated heterocycles. The molecule has 0 radical (unpaired) electrons. The molecule has 1 amide bonds. The van der Waals surface area contributed by atoms with Crippen molar-refractivity contribution in [3.8, 4) is 0 Å². The van der Waals surface area contributed by atoms with Crippen LogP contribution in [-0.2, 0) is 9.68 Å². The van der Waals surface area contributed by atoms with E-state index in [1.807, 2.05) is 60.7 Å². The highest BCUT2D eigenvalue weighted by Crippen LogP contribution is 2.44. The first-order valence-electron chi connectivity index (χ1n) is 8.67. The Bertz CT molecular complexity index is 821. The lowest BCUT2D eigenvalue weighted by Crippen LogP contribution is -2.63. The van der Waals surface area contributed by atoms with Gasteiger partial charge in [-0.05, 0) is 30.5 Å². The molecule has 5 nitrogen and oxygen atoms in total. The molecule has 3 aliphatic heterocycles. The molecule has 3 fully saturated rings. The first-order valence-corrected chi connectivity index (χ1v) is 8.67. The van der Waals surface area contributed by atoms with Gasteiger partial charge in [-0.25, -0.2) is 5.06 Å². The molecule has 0 aromatic heterocycles. The van der Waals surface area contributed by atoms with Gasteiger partial charge in [-0.15, -0.1) is 0 Å². The molecular formula is C20H18N2O3. The largest absolute Gasteiger partial charge is 0.389 e. The molecule has 126 valence electrons. The Kier molecular flexibility index (Phi) is 3.35. The second-order valence-electron chi connectivity index (χ2n) is 6.72. The molecule has 1 aliphatic carbocycles. The Morgan fingerprint density at radius 3 is 2.48 bits per heavy atom. The van der Waals surface area contributed by atoms with Crippen molar-refractivity contribution in [2.24, 2.45) is 11.1 Å². The number of amides is 1. The summed E-state index contributed by atoms with van der Waals surface area (Å²) < 4.78 is 0. The first kappa shape index (κ1) is 14.7. The van der Waals surface area contributed by atoms with Gasteiger partial charge in [0.25, 0.3) is 5.91 Å². The second kappa shape index (κ2) is 5.70. The third-order valence-corrected chi connectivity index (χ3v) is 5.31. The Morgan fingerprint density at radius 1 is 1.00 bits per heavy atom. The summed E-state index contributed by atoms with van der Waals surface area (Å²) in [7, 11) is 0. The third-order valence-electron chi connectivity index (χ3n) is 5.31. The van der Waals surface area contributed by atoms with Crippen LogP contribution in [0.4, 0.5) is 0 Å². The second-order valence-corrected chi connectivity index (χ2v) is 6.72. The van der Waals surface area contributed by atoms with E-state index in [9.17, 15) is 4.79 Å². The predicted octanol–water partition coefficient (Wildman–Crippen LogP) is 3.02. The number of benzene rings is 2. The van der Waals surface area contributed by atoms with Crippen LogP contribution in [0.2, 0.25) is 0 Å². The topological polar surface area (TPSA) is 51.1 Å². The van der Waals surface area contributed by atoms with Crippen LogP contribution in [0.1, 0.15) is 28.8 Å². The lowest BCUT2D eigenvalue weighted by Gasteiger charge is -2.49. The summed E-state index contributed by atoms with van der Waals surface area (Å²) in [6.45, 7) is 0. The molecule has 0 N–H and O–H groups in total. The highest BCUT2D eigenvalue weighted by Gasteiger charge is 2.56. The fourth-order valence-electron chi connectivity index (χ4n) is 4.14. The van der Waals surface area contributed by atoms with Crippen molar-refractivity contribution >= 4 is 11.6 Å². The molecule has 0 spiro atoms. The van der Waals surface area contributed by atoms with Crippen LogP contribution in [0.15, 0.2) is 65.8 Å². The van der Waals surface area contributed by atoms with E-state index < -0.39 is 0 Å². The fourth-order valence-corrected chi connectivity index (χ4v) is 4.14. The standard InChI is InChI=1S/C20H18N2O3/c23-20(14-9-5-2-6-10-14)22-15-11-12-16(25-22)19-17(15)18(21-24-19)13-7-3-1-4-8-13/h1-10,15-17,19H,11-12H2/t15-,16+,17+,19+/m1/s1. The third kappa shape index (κ3) is 2.27. The summed E-state index contributed by atoms with van der Waals surface area (Å²) in [5.74, 6) is -0.0318. The average Bonchev–Trinajstić information content (AvgIpc) is 3.16. The Hall–Kier alpha value is -2.66. The Morgan fingerprint density at radius 2 is 1.72 bits per heavy atom. The molecule has 25 heavy (non-hydrogen) atoms. The first-order chi connectivity index (χ1) is 12.3. The number of hydroxylamine groups is 2. The molecular weight excluding hydrogens is 316 g/mol. The summed E-state index contributed by atoms with van der Waals surface area (Å²) in [6, 6.07) is 19.3. The number of hydrogen-bond donors (Lipinski definition) is 0. The molecule has 1 saturated carbocycles. The number of fused-ring (bicyclic) bond motifs is 2. The van der Waals surface area contributed by atoms with E-state index in [0.717, 1.165) is 24.1 Å². The molecule has 2 aromatic carbocycles. The van der Waals surface area contributed by atoms with Gasteiger partial charge in [0.1, 0.15) is 6.10 Å². The van der Waals surface area contributed by atoms with Crippen LogP contribution in [0.5, 0.6) is 0 Å². The highest BCUT2D eigenvalue weighted by molar-refractivity contribution is 6.04. The van der Waals surface area contributed by atoms with Crippen molar-refractivity contribution < 1.29 is 14.5 Å². The van der Waals surface area contributed by atoms with Gasteiger partial charge in [-0.3, -0.25) is 9.63 Å². The summed E-state index contributed by atoms with van der Waals surface area (Å²) in [6.07, 6.45) is 1.56. The van der Waals surface area contributed by atoms with Gasteiger partial charge in [-0.1, -0.05) is 53.7 Å². The van der Waals surface area contributed by atoms with Crippen LogP contribution < -0.4 is 0 Å². The van der Waals surface area contributed by atoms with Gasteiger partial charge in [0, 0.05) is 5.56 Å². The number of oxime groups is 1. The normalized spacial score (nSPS) is 29.8. The highest BCUT2D eigenvalue weighted by atomic mass is 16.7. The van der Waals surface area contributed by atoms with E-state index in [4.69, 9.17) is 9.68 Å². The zero-order valence-electron chi connectivity index (χ0n) is 13.6. The van der Waals surface area contributed by atoms with Gasteiger partial charge in [0.05, 0.1) is 17.7 Å². The minimum atomic E-state index is -0.132. The molecule has 6 rings (SSSR count). The zero-order chi connectivity index (χ0) is 16.8. The van der Waals surface area contributed by atoms with Crippen molar-refractivity contribution in [2.75, 3.05) is 0 Å². The monoisotopic (exact) mass is 334 g/mol. The van der Waals surface area contributed by atoms with Crippen molar-refractivity contribution in [3.63, 3.8) is 0 Å². The number of hydrogen-bond acceptors (Lipinski definition) is 4. The van der Waals surface area contributed by atoms with Gasteiger partial charge >= 0.3 is 0 Å². The van der Waals surface area contributed by atoms with Gasteiger partial charge in [0.2, 0.25) is 0 Å². The van der Waals surface area contributed by atoms with E-state index >= 15 is 0 Å². The van der Waals surface area contributed by atoms with Crippen molar-refractivity contribution in [3.05, 3.63) is 71.8 Å². The summed E-state index contributed by atoms with van der Waals surface area (Å²) in [4.78, 5) is 24.6. The number of carbonyl (C=O) groups is 1. The van der Waals surface area contributed by atoms with E-state index in [-0.39, 0.29) is 30.1 Å². The zero-order valence-corrected chi connectivity index (χ0v) is 13.6. The molecule has 4 atom stereocenters. The lowest BCUT2D eigenvalue weighted by molar-refractivity contribution is -0.287. The minimum absolute atomic E-state index is 0.0517. The Labute approximate surface area is 145 Å². The average molecular weight is 334 g/mol. The molecule has 5 heteroatoms.